The molecular weight excluding hydrogens is 425 g/mol. The van der Waals surface area contributed by atoms with Gasteiger partial charge in [0.1, 0.15) is 11.6 Å². The number of thiocarbonyl (C=S) groups is 1. The summed E-state index contributed by atoms with van der Waals surface area (Å²) < 4.78 is 45.1. The SMILES string of the molecule is Cc1cc(NC(=S)Nc2ccccc2OC(F)F)nn1Cc1c(F)cccc1Cl. The number of rotatable bonds is 6. The maximum Gasteiger partial charge on any atom is 0.387 e. The first-order chi connectivity index (χ1) is 13.8. The van der Waals surface area contributed by atoms with Crippen molar-refractivity contribution in [2.24, 2.45) is 0 Å². The minimum atomic E-state index is -2.96. The van der Waals surface area contributed by atoms with Crippen LogP contribution in [0, 0.1) is 12.7 Å². The fourth-order valence-electron chi connectivity index (χ4n) is 2.60. The smallest absolute Gasteiger partial charge is 0.387 e. The molecule has 0 spiro atoms. The molecule has 3 rings (SSSR count). The number of aromatic nitrogens is 2. The van der Waals surface area contributed by atoms with Gasteiger partial charge in [-0.2, -0.15) is 13.9 Å². The zero-order valence-electron chi connectivity index (χ0n) is 15.1. The maximum absolute atomic E-state index is 14.0. The number of anilines is 2. The van der Waals surface area contributed by atoms with Gasteiger partial charge in [-0.05, 0) is 43.4 Å². The summed E-state index contributed by atoms with van der Waals surface area (Å²) in [4.78, 5) is 0. The summed E-state index contributed by atoms with van der Waals surface area (Å²) in [5.41, 5.74) is 1.35. The Labute approximate surface area is 175 Å². The third-order valence-electron chi connectivity index (χ3n) is 3.94. The standard InChI is InChI=1S/C19H16ClF3N4OS/c1-11-9-17(26-27(11)10-12-13(20)5-4-6-14(12)21)25-19(29)24-15-7-2-3-8-16(15)28-18(22)23/h2-9,18H,10H2,1H3,(H2,24,25,26,29). The molecule has 1 aromatic heterocycles. The number of benzene rings is 2. The third-order valence-corrected chi connectivity index (χ3v) is 4.50. The predicted octanol–water partition coefficient (Wildman–Crippen LogP) is 5.44. The van der Waals surface area contributed by atoms with E-state index in [1.807, 2.05) is 0 Å². The number of nitrogens with one attached hydrogen (secondary N) is 2. The largest absolute Gasteiger partial charge is 0.433 e. The van der Waals surface area contributed by atoms with E-state index in [4.69, 9.17) is 23.8 Å². The Morgan fingerprint density at radius 3 is 2.69 bits per heavy atom. The second kappa shape index (κ2) is 9.15. The molecule has 0 aliphatic carbocycles. The Balaban J connectivity index is 1.70. The fourth-order valence-corrected chi connectivity index (χ4v) is 3.04. The number of halogens is 4. The van der Waals surface area contributed by atoms with Crippen molar-refractivity contribution < 1.29 is 17.9 Å². The number of hydrogen-bond donors (Lipinski definition) is 2. The molecule has 0 unspecified atom stereocenters. The van der Waals surface area contributed by atoms with E-state index in [1.54, 1.807) is 41.9 Å². The molecule has 29 heavy (non-hydrogen) atoms. The van der Waals surface area contributed by atoms with Gasteiger partial charge in [0.25, 0.3) is 0 Å². The number of nitrogens with zero attached hydrogens (tertiary/aromatic N) is 2. The maximum atomic E-state index is 14.0. The second-order valence-electron chi connectivity index (χ2n) is 5.98. The first-order valence-corrected chi connectivity index (χ1v) is 9.21. The van der Waals surface area contributed by atoms with Gasteiger partial charge in [0, 0.05) is 22.3 Å². The highest BCUT2D eigenvalue weighted by atomic mass is 35.5. The van der Waals surface area contributed by atoms with Crippen molar-refractivity contribution in [1.29, 1.82) is 0 Å². The van der Waals surface area contributed by atoms with E-state index in [0.717, 1.165) is 5.69 Å². The zero-order chi connectivity index (χ0) is 21.0. The van der Waals surface area contributed by atoms with Gasteiger partial charge in [0.15, 0.2) is 10.9 Å². The summed E-state index contributed by atoms with van der Waals surface area (Å²) in [7, 11) is 0. The van der Waals surface area contributed by atoms with Gasteiger partial charge in [-0.3, -0.25) is 4.68 Å². The Bertz CT molecular complexity index is 1010. The molecule has 10 heteroatoms. The van der Waals surface area contributed by atoms with Gasteiger partial charge in [-0.1, -0.05) is 29.8 Å². The number of para-hydroxylation sites is 2. The number of hydrogen-bond acceptors (Lipinski definition) is 3. The summed E-state index contributed by atoms with van der Waals surface area (Å²) in [5, 5.41) is 10.4. The van der Waals surface area contributed by atoms with Crippen LogP contribution in [0.2, 0.25) is 5.02 Å². The van der Waals surface area contributed by atoms with Crippen molar-refractivity contribution in [3.8, 4) is 5.75 Å². The molecule has 0 fully saturated rings. The molecule has 0 saturated carbocycles. The van der Waals surface area contributed by atoms with Gasteiger partial charge in [-0.25, -0.2) is 4.39 Å². The Kier molecular flexibility index (Phi) is 6.60. The highest BCUT2D eigenvalue weighted by Gasteiger charge is 2.13. The van der Waals surface area contributed by atoms with E-state index in [9.17, 15) is 13.2 Å². The zero-order valence-corrected chi connectivity index (χ0v) is 16.7. The lowest BCUT2D eigenvalue weighted by Gasteiger charge is -2.13. The van der Waals surface area contributed by atoms with E-state index in [2.05, 4.69) is 20.5 Å². The first-order valence-electron chi connectivity index (χ1n) is 8.42. The van der Waals surface area contributed by atoms with Gasteiger partial charge in [0.05, 0.1) is 12.2 Å². The average Bonchev–Trinajstić information content (AvgIpc) is 2.98. The van der Waals surface area contributed by atoms with E-state index in [-0.39, 0.29) is 23.1 Å². The lowest BCUT2D eigenvalue weighted by atomic mass is 10.2. The van der Waals surface area contributed by atoms with Crippen molar-refractivity contribution >= 4 is 40.4 Å². The van der Waals surface area contributed by atoms with Crippen LogP contribution in [0.25, 0.3) is 0 Å². The van der Waals surface area contributed by atoms with Gasteiger partial charge >= 0.3 is 6.61 Å². The van der Waals surface area contributed by atoms with Gasteiger partial charge in [-0.15, -0.1) is 0 Å². The van der Waals surface area contributed by atoms with Crippen LogP contribution < -0.4 is 15.4 Å². The van der Waals surface area contributed by atoms with Crippen molar-refractivity contribution in [1.82, 2.24) is 9.78 Å². The normalized spacial score (nSPS) is 10.8. The Morgan fingerprint density at radius 2 is 1.97 bits per heavy atom. The van der Waals surface area contributed by atoms with Crippen LogP contribution in [0.3, 0.4) is 0 Å². The number of ether oxygens (including phenoxy) is 1. The second-order valence-corrected chi connectivity index (χ2v) is 6.80. The number of aryl methyl sites for hydroxylation is 1. The van der Waals surface area contributed by atoms with Crippen molar-refractivity contribution in [2.45, 2.75) is 20.1 Å². The molecule has 0 bridgehead atoms. The molecule has 2 aromatic carbocycles. The molecule has 0 radical (unpaired) electrons. The lowest BCUT2D eigenvalue weighted by molar-refractivity contribution is -0.0493. The Morgan fingerprint density at radius 1 is 1.21 bits per heavy atom. The molecule has 5 nitrogen and oxygen atoms in total. The van der Waals surface area contributed by atoms with E-state index in [0.29, 0.717) is 16.4 Å². The van der Waals surface area contributed by atoms with Crippen molar-refractivity contribution in [3.63, 3.8) is 0 Å². The van der Waals surface area contributed by atoms with Crippen LogP contribution in [-0.2, 0) is 6.54 Å². The molecule has 0 aliphatic rings. The highest BCUT2D eigenvalue weighted by molar-refractivity contribution is 7.80. The monoisotopic (exact) mass is 440 g/mol. The number of alkyl halides is 2. The van der Waals surface area contributed by atoms with E-state index < -0.39 is 12.4 Å². The molecule has 2 N–H and O–H groups in total. The van der Waals surface area contributed by atoms with Crippen LogP contribution in [0.15, 0.2) is 48.5 Å². The van der Waals surface area contributed by atoms with Crippen LogP contribution in [0.5, 0.6) is 5.75 Å². The molecule has 0 amide bonds. The van der Waals surface area contributed by atoms with Gasteiger partial charge in [0.2, 0.25) is 0 Å². The summed E-state index contributed by atoms with van der Waals surface area (Å²) in [6.07, 6.45) is 0. The molecule has 3 aromatic rings. The van der Waals surface area contributed by atoms with Crippen LogP contribution in [0.4, 0.5) is 24.7 Å². The topological polar surface area (TPSA) is 51.1 Å². The minimum Gasteiger partial charge on any atom is -0.433 e. The minimum absolute atomic E-state index is 0.0393. The summed E-state index contributed by atoms with van der Waals surface area (Å²) in [6, 6.07) is 12.4. The van der Waals surface area contributed by atoms with Crippen molar-refractivity contribution in [3.05, 3.63) is 70.6 Å². The van der Waals surface area contributed by atoms with Gasteiger partial charge < -0.3 is 15.4 Å². The van der Waals surface area contributed by atoms with Crippen molar-refractivity contribution in [2.75, 3.05) is 10.6 Å². The molecule has 152 valence electrons. The fraction of sp³-hybridized carbons (Fsp3) is 0.158. The Hall–Kier alpha value is -2.78. The van der Waals surface area contributed by atoms with Crippen LogP contribution >= 0.6 is 23.8 Å². The quantitative estimate of drug-likeness (QED) is 0.500. The first kappa shape index (κ1) is 20.9. The van der Waals surface area contributed by atoms with Crippen LogP contribution in [-0.4, -0.2) is 21.5 Å². The summed E-state index contributed by atoms with van der Waals surface area (Å²) in [5.74, 6) is -0.0583. The molecule has 1 heterocycles. The lowest BCUT2D eigenvalue weighted by Crippen LogP contribution is -2.20. The van der Waals surface area contributed by atoms with E-state index in [1.165, 1.54) is 18.2 Å². The summed E-state index contributed by atoms with van der Waals surface area (Å²) >= 11 is 11.3. The predicted molar refractivity (Wildman–Crippen MR) is 110 cm³/mol. The van der Waals surface area contributed by atoms with E-state index >= 15 is 0 Å². The molecule has 0 aliphatic heterocycles. The molecular formula is C19H16ClF3N4OS. The summed E-state index contributed by atoms with van der Waals surface area (Å²) in [6.45, 7) is -1.01. The molecule has 0 saturated heterocycles. The average molecular weight is 441 g/mol. The highest BCUT2D eigenvalue weighted by Crippen LogP contribution is 2.26. The molecule has 0 atom stereocenters. The van der Waals surface area contributed by atoms with Crippen LogP contribution in [0.1, 0.15) is 11.3 Å². The third kappa shape index (κ3) is 5.39.